The van der Waals surface area contributed by atoms with Gasteiger partial charge in [0.2, 0.25) is 0 Å². The molecule has 0 bridgehead atoms. The maximum absolute atomic E-state index is 10.9. The van der Waals surface area contributed by atoms with Crippen LogP contribution in [0.5, 0.6) is 0 Å². The normalized spacial score (nSPS) is 9.57. The van der Waals surface area contributed by atoms with Crippen molar-refractivity contribution in [2.75, 3.05) is 26.4 Å². The first-order valence-electron chi connectivity index (χ1n) is 4.75. The van der Waals surface area contributed by atoms with E-state index in [1.807, 2.05) is 6.92 Å². The zero-order valence-corrected chi connectivity index (χ0v) is 8.67. The minimum Gasteiger partial charge on any atom is -0.459 e. The molecule has 0 saturated carbocycles. The Morgan fingerprint density at radius 3 is 2.50 bits per heavy atom. The monoisotopic (exact) mass is 203 g/mol. The molecule has 5 nitrogen and oxygen atoms in total. The molecule has 0 atom stereocenters. The van der Waals surface area contributed by atoms with Gasteiger partial charge in [-0.3, -0.25) is 4.79 Å². The van der Waals surface area contributed by atoms with Gasteiger partial charge in [0.25, 0.3) is 0 Å². The average molecular weight is 203 g/mol. The van der Waals surface area contributed by atoms with Crippen LogP contribution < -0.4 is 5.32 Å². The fourth-order valence-electron chi connectivity index (χ4n) is 0.789. The lowest BCUT2D eigenvalue weighted by Crippen LogP contribution is -2.33. The van der Waals surface area contributed by atoms with Gasteiger partial charge in [0.05, 0.1) is 6.61 Å². The van der Waals surface area contributed by atoms with E-state index in [0.717, 1.165) is 0 Å². The van der Waals surface area contributed by atoms with Crippen LogP contribution in [0.2, 0.25) is 0 Å². The number of hydrogen-bond donors (Lipinski definition) is 1. The van der Waals surface area contributed by atoms with E-state index in [1.165, 1.54) is 0 Å². The fourth-order valence-corrected chi connectivity index (χ4v) is 0.789. The van der Waals surface area contributed by atoms with Crippen molar-refractivity contribution in [1.29, 1.82) is 0 Å². The van der Waals surface area contributed by atoms with Crippen molar-refractivity contribution in [2.24, 2.45) is 0 Å². The van der Waals surface area contributed by atoms with Gasteiger partial charge in [-0.25, -0.2) is 4.79 Å². The molecule has 1 N–H and O–H groups in total. The third kappa shape index (κ3) is 6.42. The first kappa shape index (κ1) is 12.9. The highest BCUT2D eigenvalue weighted by molar-refractivity contribution is 6.32. The van der Waals surface area contributed by atoms with Crippen molar-refractivity contribution in [1.82, 2.24) is 5.32 Å². The molecular weight excluding hydrogens is 186 g/mol. The Labute approximate surface area is 83.8 Å². The van der Waals surface area contributed by atoms with Crippen molar-refractivity contribution in [3.8, 4) is 0 Å². The van der Waals surface area contributed by atoms with Crippen LogP contribution in [0.25, 0.3) is 0 Å². The van der Waals surface area contributed by atoms with Crippen molar-refractivity contribution < 1.29 is 19.1 Å². The summed E-state index contributed by atoms with van der Waals surface area (Å²) >= 11 is 0. The Hall–Kier alpha value is -1.10. The molecule has 0 aromatic heterocycles. The van der Waals surface area contributed by atoms with E-state index in [4.69, 9.17) is 4.74 Å². The van der Waals surface area contributed by atoms with Crippen molar-refractivity contribution in [3.05, 3.63) is 0 Å². The topological polar surface area (TPSA) is 64.6 Å². The van der Waals surface area contributed by atoms with Gasteiger partial charge in [-0.1, -0.05) is 0 Å². The summed E-state index contributed by atoms with van der Waals surface area (Å²) in [4.78, 5) is 21.7. The Balaban J connectivity index is 3.39. The van der Waals surface area contributed by atoms with E-state index in [0.29, 0.717) is 26.2 Å². The Kier molecular flexibility index (Phi) is 7.83. The maximum Gasteiger partial charge on any atom is 0.396 e. The van der Waals surface area contributed by atoms with E-state index >= 15 is 0 Å². The number of ether oxygens (including phenoxy) is 2. The van der Waals surface area contributed by atoms with Crippen LogP contribution >= 0.6 is 0 Å². The van der Waals surface area contributed by atoms with Gasteiger partial charge in [-0.05, 0) is 20.3 Å². The van der Waals surface area contributed by atoms with E-state index in [1.54, 1.807) is 6.92 Å². The second kappa shape index (κ2) is 8.50. The van der Waals surface area contributed by atoms with Gasteiger partial charge in [0.1, 0.15) is 0 Å². The minimum absolute atomic E-state index is 0.213. The molecule has 14 heavy (non-hydrogen) atoms. The number of esters is 1. The average Bonchev–Trinajstić information content (AvgIpc) is 2.17. The van der Waals surface area contributed by atoms with Gasteiger partial charge < -0.3 is 14.8 Å². The van der Waals surface area contributed by atoms with Gasteiger partial charge in [0.15, 0.2) is 0 Å². The van der Waals surface area contributed by atoms with Crippen LogP contribution in [-0.4, -0.2) is 38.2 Å². The van der Waals surface area contributed by atoms with Crippen LogP contribution in [0.1, 0.15) is 20.3 Å². The zero-order chi connectivity index (χ0) is 10.8. The van der Waals surface area contributed by atoms with E-state index in [9.17, 15) is 9.59 Å². The third-order valence-corrected chi connectivity index (χ3v) is 1.42. The molecule has 1 amide bonds. The lowest BCUT2D eigenvalue weighted by atomic mass is 10.4. The molecule has 0 rings (SSSR count). The summed E-state index contributed by atoms with van der Waals surface area (Å²) in [6.07, 6.45) is 0.693. The van der Waals surface area contributed by atoms with Gasteiger partial charge >= 0.3 is 11.9 Å². The molecule has 82 valence electrons. The van der Waals surface area contributed by atoms with Crippen LogP contribution in [0.3, 0.4) is 0 Å². The fraction of sp³-hybridized carbons (Fsp3) is 0.778. The second-order valence-electron chi connectivity index (χ2n) is 2.53. The summed E-state index contributed by atoms with van der Waals surface area (Å²) in [6, 6.07) is 0. The molecular formula is C9H17NO4. The van der Waals surface area contributed by atoms with Gasteiger partial charge in [0, 0.05) is 19.8 Å². The predicted octanol–water partition coefficient (Wildman–Crippen LogP) is 0.0923. The Morgan fingerprint density at radius 1 is 1.21 bits per heavy atom. The molecule has 0 aliphatic rings. The van der Waals surface area contributed by atoms with Gasteiger partial charge in [-0.15, -0.1) is 0 Å². The highest BCUT2D eigenvalue weighted by Crippen LogP contribution is 1.82. The Morgan fingerprint density at radius 2 is 1.93 bits per heavy atom. The molecule has 0 aliphatic heterocycles. The standard InChI is InChI=1S/C9H17NO4/c1-3-13-7-5-6-10-8(11)9(12)14-4-2/h3-7H2,1-2H3,(H,10,11). The molecule has 0 spiro atoms. The van der Waals surface area contributed by atoms with Crippen molar-refractivity contribution in [3.63, 3.8) is 0 Å². The lowest BCUT2D eigenvalue weighted by molar-refractivity contribution is -0.154. The Bertz CT molecular complexity index is 182. The summed E-state index contributed by atoms with van der Waals surface area (Å²) in [5.41, 5.74) is 0. The molecule has 0 heterocycles. The van der Waals surface area contributed by atoms with E-state index in [2.05, 4.69) is 10.1 Å². The highest BCUT2D eigenvalue weighted by Gasteiger charge is 2.12. The SMILES string of the molecule is CCOCCCNC(=O)C(=O)OCC. The number of amides is 1. The lowest BCUT2D eigenvalue weighted by Gasteiger charge is -2.04. The molecule has 0 radical (unpaired) electrons. The quantitative estimate of drug-likeness (QED) is 0.377. The molecule has 0 aliphatic carbocycles. The summed E-state index contributed by atoms with van der Waals surface area (Å²) < 4.78 is 9.56. The van der Waals surface area contributed by atoms with Crippen molar-refractivity contribution in [2.45, 2.75) is 20.3 Å². The summed E-state index contributed by atoms with van der Waals surface area (Å²) in [7, 11) is 0. The van der Waals surface area contributed by atoms with E-state index in [-0.39, 0.29) is 6.61 Å². The maximum atomic E-state index is 10.9. The minimum atomic E-state index is -0.830. The number of nitrogens with one attached hydrogen (secondary N) is 1. The summed E-state index contributed by atoms with van der Waals surface area (Å²) in [5, 5.41) is 2.43. The number of hydrogen-bond acceptors (Lipinski definition) is 4. The van der Waals surface area contributed by atoms with Crippen LogP contribution in [-0.2, 0) is 19.1 Å². The first-order chi connectivity index (χ1) is 6.72. The van der Waals surface area contributed by atoms with Crippen LogP contribution in [0.4, 0.5) is 0 Å². The largest absolute Gasteiger partial charge is 0.459 e. The summed E-state index contributed by atoms with van der Waals surface area (Å²) in [5.74, 6) is -1.52. The molecule has 0 aromatic rings. The summed E-state index contributed by atoms with van der Waals surface area (Å²) in [6.45, 7) is 5.44. The highest BCUT2D eigenvalue weighted by atomic mass is 16.5. The van der Waals surface area contributed by atoms with Crippen LogP contribution in [0.15, 0.2) is 0 Å². The predicted molar refractivity (Wildman–Crippen MR) is 50.8 cm³/mol. The first-order valence-corrected chi connectivity index (χ1v) is 4.75. The molecule has 5 heteroatoms. The molecule has 0 saturated heterocycles. The van der Waals surface area contributed by atoms with Crippen molar-refractivity contribution >= 4 is 11.9 Å². The number of carbonyl (C=O) groups is 2. The van der Waals surface area contributed by atoms with E-state index < -0.39 is 11.9 Å². The molecule has 0 aromatic carbocycles. The zero-order valence-electron chi connectivity index (χ0n) is 8.67. The second-order valence-corrected chi connectivity index (χ2v) is 2.53. The third-order valence-electron chi connectivity index (χ3n) is 1.42. The molecule has 0 fully saturated rings. The smallest absolute Gasteiger partial charge is 0.396 e. The molecule has 0 unspecified atom stereocenters. The number of rotatable bonds is 6. The van der Waals surface area contributed by atoms with Gasteiger partial charge in [-0.2, -0.15) is 0 Å². The van der Waals surface area contributed by atoms with Crippen LogP contribution in [0, 0.1) is 0 Å². The number of carbonyl (C=O) groups excluding carboxylic acids is 2.